The molecule has 0 bridgehead atoms. The van der Waals surface area contributed by atoms with Gasteiger partial charge in [0, 0.05) is 17.6 Å². The Morgan fingerprint density at radius 3 is 2.50 bits per heavy atom. The Hall–Kier alpha value is -2.17. The van der Waals surface area contributed by atoms with Crippen LogP contribution in [0.25, 0.3) is 6.08 Å². The number of aryl methyl sites for hydroxylation is 4. The number of benzene rings is 2. The number of aliphatic carboxylic acids is 1. The van der Waals surface area contributed by atoms with Crippen molar-refractivity contribution in [3.63, 3.8) is 0 Å². The number of anilines is 1. The van der Waals surface area contributed by atoms with Crippen LogP contribution < -0.4 is 43.7 Å². The molecule has 0 aliphatic heterocycles. The average molecular weight is 563 g/mol. The monoisotopic (exact) mass is 562 g/mol. The summed E-state index contributed by atoms with van der Waals surface area (Å²) in [7, 11) is -3.88. The van der Waals surface area contributed by atoms with Gasteiger partial charge in [0.25, 0.3) is 10.0 Å². The molecule has 0 saturated heterocycles. The van der Waals surface area contributed by atoms with Gasteiger partial charge in [-0.15, -0.1) is 11.3 Å². The molecule has 0 spiro atoms. The van der Waals surface area contributed by atoms with Gasteiger partial charge in [-0.1, -0.05) is 38.1 Å². The van der Waals surface area contributed by atoms with Gasteiger partial charge in [-0.3, -0.25) is 4.31 Å². The topological polar surface area (TPSA) is 99.6 Å². The van der Waals surface area contributed by atoms with Crippen LogP contribution in [0.2, 0.25) is 0 Å². The largest absolute Gasteiger partial charge is 1.00 e. The zero-order valence-electron chi connectivity index (χ0n) is 22.5. The Bertz CT molecular complexity index is 1450. The first-order valence-electron chi connectivity index (χ1n) is 12.3. The van der Waals surface area contributed by atoms with Crippen molar-refractivity contribution in [2.45, 2.75) is 57.9 Å². The van der Waals surface area contributed by atoms with E-state index in [9.17, 15) is 18.3 Å². The molecule has 1 aromatic heterocycles. The predicted molar refractivity (Wildman–Crippen MR) is 144 cm³/mol. The third-order valence-corrected chi connectivity index (χ3v) is 9.37. The number of nitrogens with zero attached hydrogens (tertiary/aromatic N) is 2. The number of aromatic nitrogens is 1. The number of carbonyl (C=O) groups excluding carboxylic acids is 1. The third-order valence-electron chi connectivity index (χ3n) is 6.24. The Labute approximate surface area is 250 Å². The Morgan fingerprint density at radius 2 is 1.89 bits per heavy atom. The minimum Gasteiger partial charge on any atom is -0.545 e. The van der Waals surface area contributed by atoms with Gasteiger partial charge < -0.3 is 14.6 Å². The third kappa shape index (κ3) is 7.07. The zero-order valence-corrected chi connectivity index (χ0v) is 26.1. The summed E-state index contributed by atoms with van der Waals surface area (Å²) in [5.41, 5.74) is 6.16. The molecule has 0 radical (unpaired) electrons. The van der Waals surface area contributed by atoms with Crippen LogP contribution in [0.15, 0.2) is 46.1 Å². The number of carboxylic acid groups (broad SMARTS) is 1. The van der Waals surface area contributed by atoms with Gasteiger partial charge in [-0.2, -0.15) is 8.42 Å². The molecule has 0 atom stereocenters. The van der Waals surface area contributed by atoms with Gasteiger partial charge in [0.05, 0.1) is 11.7 Å². The number of carboxylic acids is 1. The van der Waals surface area contributed by atoms with Gasteiger partial charge in [0.15, 0.2) is 0 Å². The zero-order chi connectivity index (χ0) is 26.7. The molecule has 1 aliphatic rings. The van der Waals surface area contributed by atoms with Gasteiger partial charge in [-0.25, -0.2) is 4.98 Å². The Kier molecular flexibility index (Phi) is 10.2. The van der Waals surface area contributed by atoms with E-state index in [1.165, 1.54) is 15.9 Å². The van der Waals surface area contributed by atoms with E-state index in [1.807, 2.05) is 51.1 Å². The molecule has 1 aliphatic carbocycles. The van der Waals surface area contributed by atoms with Gasteiger partial charge in [0.2, 0.25) is 4.34 Å². The van der Waals surface area contributed by atoms with Crippen molar-refractivity contribution in [2.24, 2.45) is 5.92 Å². The van der Waals surface area contributed by atoms with Crippen molar-refractivity contribution < 1.29 is 52.6 Å². The number of sulfonamides is 1. The summed E-state index contributed by atoms with van der Waals surface area (Å²) in [4.78, 5) is 15.0. The number of fused-ring (bicyclic) bond motifs is 1. The molecular formula is C28H31N2NaO5S2. The van der Waals surface area contributed by atoms with Crippen molar-refractivity contribution in [1.29, 1.82) is 0 Å². The molecule has 38 heavy (non-hydrogen) atoms. The van der Waals surface area contributed by atoms with Gasteiger partial charge in [0.1, 0.15) is 12.4 Å². The fraction of sp³-hybridized carbons (Fsp3) is 0.357. The molecule has 196 valence electrons. The minimum absolute atomic E-state index is 0. The molecule has 0 unspecified atom stereocenters. The molecular weight excluding hydrogens is 531 g/mol. The molecule has 0 amide bonds. The second kappa shape index (κ2) is 12.8. The molecule has 3 aromatic rings. The van der Waals surface area contributed by atoms with Gasteiger partial charge in [-0.05, 0) is 85.1 Å². The molecule has 0 saturated carbocycles. The maximum atomic E-state index is 13.8. The smallest absolute Gasteiger partial charge is 0.545 e. The quantitative estimate of drug-likeness (QED) is 0.274. The normalized spacial score (nSPS) is 13.0. The van der Waals surface area contributed by atoms with E-state index >= 15 is 0 Å². The molecule has 2 aromatic carbocycles. The van der Waals surface area contributed by atoms with E-state index in [4.69, 9.17) is 4.74 Å². The number of carbonyl (C=O) groups is 1. The minimum atomic E-state index is -3.88. The fourth-order valence-corrected chi connectivity index (χ4v) is 7.17. The first kappa shape index (κ1) is 30.4. The number of hydrogen-bond acceptors (Lipinski definition) is 7. The molecule has 1 heterocycles. The number of thiazole rings is 1. The summed E-state index contributed by atoms with van der Waals surface area (Å²) in [6.45, 7) is 8.24. The maximum Gasteiger partial charge on any atom is 1.00 e. The van der Waals surface area contributed by atoms with E-state index in [0.717, 1.165) is 58.9 Å². The number of rotatable bonds is 10. The second-order valence-corrected chi connectivity index (χ2v) is 12.6. The van der Waals surface area contributed by atoms with E-state index in [0.29, 0.717) is 23.7 Å². The van der Waals surface area contributed by atoms with Crippen LogP contribution in [0, 0.1) is 19.8 Å². The fourth-order valence-electron chi connectivity index (χ4n) is 4.41. The van der Waals surface area contributed by atoms with Crippen molar-refractivity contribution in [1.82, 2.24) is 4.98 Å². The molecule has 0 fully saturated rings. The summed E-state index contributed by atoms with van der Waals surface area (Å²) in [6, 6.07) is 9.54. The molecule has 0 N–H and O–H groups in total. The van der Waals surface area contributed by atoms with Crippen LogP contribution >= 0.6 is 11.3 Å². The standard InChI is InChI=1S/C28H32N2O5S2.Na/c1-18(2)15-30(37(33,34)28-29-20(4)17-36-28)25-13-22-6-5-7-23(22)14-26(25)35-16-24-10-8-21(12-19(24)3)9-11-27(31)32;/h8-14,17-18H,5-7,15-16H2,1-4H3,(H,31,32);/q;+1/p-1/b11-9+;. The summed E-state index contributed by atoms with van der Waals surface area (Å²) in [5.74, 6) is -0.637. The van der Waals surface area contributed by atoms with Crippen LogP contribution in [0.3, 0.4) is 0 Å². The first-order valence-corrected chi connectivity index (χ1v) is 14.6. The van der Waals surface area contributed by atoms with Crippen molar-refractivity contribution in [2.75, 3.05) is 10.8 Å². The summed E-state index contributed by atoms with van der Waals surface area (Å²) in [6.07, 6.45) is 5.36. The van der Waals surface area contributed by atoms with Crippen molar-refractivity contribution in [3.05, 3.63) is 75.3 Å². The van der Waals surface area contributed by atoms with Crippen molar-refractivity contribution >= 4 is 39.1 Å². The van der Waals surface area contributed by atoms with E-state index < -0.39 is 16.0 Å². The summed E-state index contributed by atoms with van der Waals surface area (Å²) < 4.78 is 35.4. The van der Waals surface area contributed by atoms with Gasteiger partial charge >= 0.3 is 29.6 Å². The molecule has 10 heteroatoms. The Morgan fingerprint density at radius 1 is 1.18 bits per heavy atom. The van der Waals surface area contributed by atoms with E-state index in [1.54, 1.807) is 12.3 Å². The SMILES string of the molecule is Cc1csc(S(=O)(=O)N(CC(C)C)c2cc3c(cc2OCc2ccc(/C=C/C(=O)[O-])cc2C)CCC3)n1.[Na+]. The average Bonchev–Trinajstić information content (AvgIpc) is 3.48. The van der Waals surface area contributed by atoms with E-state index in [2.05, 4.69) is 4.98 Å². The van der Waals surface area contributed by atoms with E-state index in [-0.39, 0.29) is 46.4 Å². The summed E-state index contributed by atoms with van der Waals surface area (Å²) >= 11 is 1.13. The number of hydrogen-bond donors (Lipinski definition) is 0. The molecule has 4 rings (SSSR count). The molecule has 7 nitrogen and oxygen atoms in total. The van der Waals surface area contributed by atoms with Crippen LogP contribution in [0.5, 0.6) is 5.75 Å². The van der Waals surface area contributed by atoms with Crippen LogP contribution in [-0.4, -0.2) is 25.9 Å². The van der Waals surface area contributed by atoms with Crippen LogP contribution in [0.4, 0.5) is 5.69 Å². The van der Waals surface area contributed by atoms with Crippen molar-refractivity contribution in [3.8, 4) is 5.75 Å². The van der Waals surface area contributed by atoms with Crippen LogP contribution in [0.1, 0.15) is 53.8 Å². The predicted octanol–water partition coefficient (Wildman–Crippen LogP) is 1.45. The van der Waals surface area contributed by atoms with Crippen LogP contribution in [-0.2, 0) is 34.3 Å². The second-order valence-electron chi connectivity index (χ2n) is 9.75. The Balaban J connectivity index is 0.00000400. The number of ether oxygens (including phenoxy) is 1. The summed E-state index contributed by atoms with van der Waals surface area (Å²) in [5, 5.41) is 12.5. The maximum absolute atomic E-state index is 13.8. The first-order chi connectivity index (χ1) is 17.5.